The quantitative estimate of drug-likeness (QED) is 0.430. The highest BCUT2D eigenvalue weighted by Gasteiger charge is 2.17. The highest BCUT2D eigenvalue weighted by Crippen LogP contribution is 2.29. The van der Waals surface area contributed by atoms with Crippen LogP contribution in [0.15, 0.2) is 76.1 Å². The lowest BCUT2D eigenvalue weighted by Crippen LogP contribution is -2.19. The van der Waals surface area contributed by atoms with Gasteiger partial charge in [-0.3, -0.25) is 0 Å². The van der Waals surface area contributed by atoms with Crippen LogP contribution < -0.4 is 4.72 Å². The van der Waals surface area contributed by atoms with E-state index in [0.29, 0.717) is 5.56 Å². The predicted octanol–water partition coefficient (Wildman–Crippen LogP) is 5.07. The number of halogens is 1. The summed E-state index contributed by atoms with van der Waals surface area (Å²) in [7, 11) is -2.15. The molecule has 5 nitrogen and oxygen atoms in total. The van der Waals surface area contributed by atoms with Gasteiger partial charge in [-0.15, -0.1) is 0 Å². The number of hydrogen-bond acceptors (Lipinski definition) is 3. The molecule has 4 aromatic rings. The zero-order chi connectivity index (χ0) is 20.4. The van der Waals surface area contributed by atoms with Gasteiger partial charge in [0.1, 0.15) is 5.82 Å². The maximum atomic E-state index is 12.4. The second-order valence-electron chi connectivity index (χ2n) is 6.45. The van der Waals surface area contributed by atoms with Crippen molar-refractivity contribution in [3.8, 4) is 11.1 Å². The Labute approximate surface area is 177 Å². The van der Waals surface area contributed by atoms with Gasteiger partial charge in [-0.05, 0) is 54.6 Å². The van der Waals surface area contributed by atoms with Gasteiger partial charge < -0.3 is 4.98 Å². The van der Waals surface area contributed by atoms with Crippen molar-refractivity contribution in [1.82, 2.24) is 14.7 Å². The molecule has 4 rings (SSSR count). The second kappa shape index (κ2) is 7.94. The summed E-state index contributed by atoms with van der Waals surface area (Å²) < 4.78 is 28.1. The Hall–Kier alpha value is -2.74. The molecule has 0 saturated heterocycles. The molecule has 29 heavy (non-hydrogen) atoms. The number of benzene rings is 3. The minimum atomic E-state index is -3.56. The lowest BCUT2D eigenvalue weighted by atomic mass is 10.1. The molecule has 1 aromatic heterocycles. The van der Waals surface area contributed by atoms with Gasteiger partial charge in [-0.25, -0.2) is 18.1 Å². The molecule has 0 aliphatic rings. The smallest absolute Gasteiger partial charge is 0.240 e. The Balaban J connectivity index is 1.72. The van der Waals surface area contributed by atoms with Gasteiger partial charge in [0.2, 0.25) is 10.0 Å². The van der Waals surface area contributed by atoms with Gasteiger partial charge in [0.15, 0.2) is 0 Å². The fourth-order valence-corrected chi connectivity index (χ4v) is 4.48. The van der Waals surface area contributed by atoms with E-state index in [4.69, 9.17) is 0 Å². The number of H-pyrrole nitrogens is 1. The standard InChI is InChI=1S/C22H18BrN3O2S/c1-24-29(27,28)21-8-3-2-7-18(21)16-10-11-19-20(14-16)26-22(25-19)12-9-15-5-4-6-17(23)13-15/h2-14,24H,1H3,(H,25,26). The van der Waals surface area contributed by atoms with Crippen LogP contribution in [-0.4, -0.2) is 25.4 Å². The van der Waals surface area contributed by atoms with Crippen molar-refractivity contribution in [3.05, 3.63) is 82.6 Å². The molecule has 0 amide bonds. The molecule has 146 valence electrons. The minimum absolute atomic E-state index is 0.243. The number of fused-ring (bicyclic) bond motifs is 1. The zero-order valence-corrected chi connectivity index (χ0v) is 18.0. The molecular formula is C22H18BrN3O2S. The first-order valence-electron chi connectivity index (χ1n) is 8.93. The second-order valence-corrected chi connectivity index (χ2v) is 9.22. The van der Waals surface area contributed by atoms with Crippen LogP contribution in [0.1, 0.15) is 11.4 Å². The fourth-order valence-electron chi connectivity index (χ4n) is 3.11. The number of aromatic amines is 1. The molecule has 0 radical (unpaired) electrons. The Morgan fingerprint density at radius 3 is 2.62 bits per heavy atom. The summed E-state index contributed by atoms with van der Waals surface area (Å²) in [4.78, 5) is 8.15. The Morgan fingerprint density at radius 1 is 1.00 bits per heavy atom. The lowest BCUT2D eigenvalue weighted by Gasteiger charge is -2.09. The van der Waals surface area contributed by atoms with Gasteiger partial charge >= 0.3 is 0 Å². The molecule has 1 heterocycles. The summed E-state index contributed by atoms with van der Waals surface area (Å²) in [6, 6.07) is 20.6. The first kappa shape index (κ1) is 19.6. The molecule has 0 atom stereocenters. The van der Waals surface area contributed by atoms with Crippen molar-refractivity contribution in [2.24, 2.45) is 0 Å². The summed E-state index contributed by atoms with van der Waals surface area (Å²) in [5, 5.41) is 0. The normalized spacial score (nSPS) is 12.1. The molecule has 2 N–H and O–H groups in total. The Kier molecular flexibility index (Phi) is 5.36. The average molecular weight is 468 g/mol. The van der Waals surface area contributed by atoms with Gasteiger partial charge in [-0.2, -0.15) is 0 Å². The van der Waals surface area contributed by atoms with Gasteiger partial charge in [0.05, 0.1) is 15.9 Å². The molecule has 0 aliphatic heterocycles. The van der Waals surface area contributed by atoms with Crippen molar-refractivity contribution in [3.63, 3.8) is 0 Å². The summed E-state index contributed by atoms with van der Waals surface area (Å²) >= 11 is 3.47. The van der Waals surface area contributed by atoms with E-state index in [1.54, 1.807) is 18.2 Å². The third kappa shape index (κ3) is 4.17. The van der Waals surface area contributed by atoms with Gasteiger partial charge in [-0.1, -0.05) is 58.4 Å². The van der Waals surface area contributed by atoms with Crippen LogP contribution in [0.2, 0.25) is 0 Å². The van der Waals surface area contributed by atoms with Crippen LogP contribution in [0.3, 0.4) is 0 Å². The average Bonchev–Trinajstić information content (AvgIpc) is 3.14. The predicted molar refractivity (Wildman–Crippen MR) is 121 cm³/mol. The van der Waals surface area contributed by atoms with E-state index in [9.17, 15) is 8.42 Å². The van der Waals surface area contributed by atoms with Crippen molar-refractivity contribution >= 4 is 49.1 Å². The maximum Gasteiger partial charge on any atom is 0.240 e. The molecule has 0 bridgehead atoms. The first-order chi connectivity index (χ1) is 14.0. The third-order valence-electron chi connectivity index (χ3n) is 4.54. The SMILES string of the molecule is CNS(=O)(=O)c1ccccc1-c1ccc2[nH]c(C=Cc3cccc(Br)c3)nc2c1. The molecule has 0 fully saturated rings. The molecule has 0 saturated carbocycles. The third-order valence-corrected chi connectivity index (χ3v) is 6.51. The number of sulfonamides is 1. The topological polar surface area (TPSA) is 74.8 Å². The van der Waals surface area contributed by atoms with E-state index < -0.39 is 10.0 Å². The summed E-state index contributed by atoms with van der Waals surface area (Å²) in [6.07, 6.45) is 3.90. The summed E-state index contributed by atoms with van der Waals surface area (Å²) in [6.45, 7) is 0. The van der Waals surface area contributed by atoms with Crippen molar-refractivity contribution in [2.75, 3.05) is 7.05 Å². The van der Waals surface area contributed by atoms with Crippen LogP contribution in [0.4, 0.5) is 0 Å². The number of nitrogens with zero attached hydrogens (tertiary/aromatic N) is 1. The van der Waals surface area contributed by atoms with E-state index in [2.05, 4.69) is 30.6 Å². The van der Waals surface area contributed by atoms with E-state index >= 15 is 0 Å². The Morgan fingerprint density at radius 2 is 1.83 bits per heavy atom. The van der Waals surface area contributed by atoms with Crippen LogP contribution in [-0.2, 0) is 10.0 Å². The van der Waals surface area contributed by atoms with E-state index in [1.165, 1.54) is 7.05 Å². The molecule has 0 aliphatic carbocycles. The molecule has 0 spiro atoms. The number of imidazole rings is 1. The van der Waals surface area contributed by atoms with Gasteiger partial charge in [0, 0.05) is 10.0 Å². The highest BCUT2D eigenvalue weighted by molar-refractivity contribution is 9.10. The monoisotopic (exact) mass is 467 g/mol. The minimum Gasteiger partial charge on any atom is -0.338 e. The fraction of sp³-hybridized carbons (Fsp3) is 0.0455. The largest absolute Gasteiger partial charge is 0.338 e. The maximum absolute atomic E-state index is 12.4. The first-order valence-corrected chi connectivity index (χ1v) is 11.2. The Bertz CT molecular complexity index is 1330. The van der Waals surface area contributed by atoms with E-state index in [1.807, 2.05) is 60.7 Å². The molecular weight excluding hydrogens is 450 g/mol. The van der Waals surface area contributed by atoms with Crippen molar-refractivity contribution in [1.29, 1.82) is 0 Å². The zero-order valence-electron chi connectivity index (χ0n) is 15.6. The van der Waals surface area contributed by atoms with Crippen LogP contribution in [0.25, 0.3) is 34.3 Å². The molecule has 0 unspecified atom stereocenters. The van der Waals surface area contributed by atoms with Crippen LogP contribution >= 0.6 is 15.9 Å². The molecule has 3 aromatic carbocycles. The number of nitrogens with one attached hydrogen (secondary N) is 2. The molecule has 7 heteroatoms. The number of rotatable bonds is 5. The van der Waals surface area contributed by atoms with Crippen molar-refractivity contribution in [2.45, 2.75) is 4.90 Å². The number of hydrogen-bond donors (Lipinski definition) is 2. The number of aromatic nitrogens is 2. The van der Waals surface area contributed by atoms with Gasteiger partial charge in [0.25, 0.3) is 0 Å². The summed E-state index contributed by atoms with van der Waals surface area (Å²) in [5.74, 6) is 0.730. The van der Waals surface area contributed by atoms with E-state index in [0.717, 1.165) is 32.5 Å². The lowest BCUT2D eigenvalue weighted by molar-refractivity contribution is 0.588. The summed E-state index contributed by atoms with van der Waals surface area (Å²) in [5.41, 5.74) is 4.15. The van der Waals surface area contributed by atoms with Crippen LogP contribution in [0.5, 0.6) is 0 Å². The van der Waals surface area contributed by atoms with E-state index in [-0.39, 0.29) is 4.90 Å². The van der Waals surface area contributed by atoms with Crippen molar-refractivity contribution < 1.29 is 8.42 Å². The van der Waals surface area contributed by atoms with Crippen LogP contribution in [0, 0.1) is 0 Å². The highest BCUT2D eigenvalue weighted by atomic mass is 79.9.